The van der Waals surface area contributed by atoms with Gasteiger partial charge in [-0.15, -0.1) is 0 Å². The molecule has 4 nitrogen and oxygen atoms in total. The van der Waals surface area contributed by atoms with E-state index in [9.17, 15) is 9.59 Å². The second-order valence-electron chi connectivity index (χ2n) is 4.95. The number of benzene rings is 1. The van der Waals surface area contributed by atoms with E-state index >= 15 is 0 Å². The quantitative estimate of drug-likeness (QED) is 0.888. The molecule has 1 atom stereocenters. The van der Waals surface area contributed by atoms with Crippen LogP contribution in [0.25, 0.3) is 0 Å². The number of hydrogen-bond acceptors (Lipinski definition) is 2. The number of nitrogens with zero attached hydrogens (tertiary/aromatic N) is 1. The van der Waals surface area contributed by atoms with Crippen molar-refractivity contribution in [3.8, 4) is 0 Å². The number of rotatable bonds is 3. The lowest BCUT2D eigenvalue weighted by atomic mass is 9.84. The molecule has 0 spiro atoms. The van der Waals surface area contributed by atoms with Gasteiger partial charge < -0.3 is 5.32 Å². The first-order valence-electron chi connectivity index (χ1n) is 6.20. The maximum Gasteiger partial charge on any atom is 0.324 e. The third-order valence-electron chi connectivity index (χ3n) is 3.60. The predicted octanol–water partition coefficient (Wildman–Crippen LogP) is 2.15. The summed E-state index contributed by atoms with van der Waals surface area (Å²) in [4.78, 5) is 25.5. The van der Waals surface area contributed by atoms with E-state index in [1.54, 1.807) is 0 Å². The van der Waals surface area contributed by atoms with Crippen molar-refractivity contribution in [1.29, 1.82) is 0 Å². The summed E-state index contributed by atoms with van der Waals surface area (Å²) >= 11 is 0. The fraction of sp³-hybridized carbons (Fsp3) is 0.429. The summed E-state index contributed by atoms with van der Waals surface area (Å²) in [5.41, 5.74) is 0.476. The van der Waals surface area contributed by atoms with Crippen molar-refractivity contribution in [3.63, 3.8) is 0 Å². The smallest absolute Gasteiger partial charge is 0.324 e. The molecular formula is C14H18N2O2. The Labute approximate surface area is 107 Å². The molecule has 3 amide bonds. The summed E-state index contributed by atoms with van der Waals surface area (Å²) < 4.78 is 0. The Bertz CT molecular complexity index is 458. The lowest BCUT2D eigenvalue weighted by molar-refractivity contribution is -0.140. The first-order chi connectivity index (χ1) is 8.57. The van der Waals surface area contributed by atoms with E-state index < -0.39 is 5.41 Å². The summed E-state index contributed by atoms with van der Waals surface area (Å²) in [5, 5.41) is 2.79. The molecule has 1 aromatic carbocycles. The average molecular weight is 246 g/mol. The molecule has 18 heavy (non-hydrogen) atoms. The standard InChI is InChI=1S/C14H18N2O2/c1-3-14(2)10-15-13(18)16(12(14)17)9-11-7-5-4-6-8-11/h4-8H,3,9-10H2,1-2H3,(H,15,18). The molecule has 2 rings (SSSR count). The Balaban J connectivity index is 2.20. The molecule has 0 aliphatic carbocycles. The number of urea groups is 1. The molecule has 0 aromatic heterocycles. The maximum absolute atomic E-state index is 12.4. The van der Waals surface area contributed by atoms with Crippen LogP contribution >= 0.6 is 0 Å². The number of amides is 3. The van der Waals surface area contributed by atoms with Gasteiger partial charge in [-0.2, -0.15) is 0 Å². The largest absolute Gasteiger partial charge is 0.337 e. The molecule has 4 heteroatoms. The topological polar surface area (TPSA) is 49.4 Å². The van der Waals surface area contributed by atoms with Crippen molar-refractivity contribution in [3.05, 3.63) is 35.9 Å². The minimum Gasteiger partial charge on any atom is -0.337 e. The van der Waals surface area contributed by atoms with E-state index in [1.165, 1.54) is 4.90 Å². The van der Waals surface area contributed by atoms with Gasteiger partial charge in [0.25, 0.3) is 0 Å². The van der Waals surface area contributed by atoms with Crippen LogP contribution in [0.3, 0.4) is 0 Å². The zero-order chi connectivity index (χ0) is 13.2. The second-order valence-corrected chi connectivity index (χ2v) is 4.95. The second kappa shape index (κ2) is 4.80. The van der Waals surface area contributed by atoms with E-state index in [2.05, 4.69) is 5.32 Å². The van der Waals surface area contributed by atoms with Crippen molar-refractivity contribution < 1.29 is 9.59 Å². The number of carbonyl (C=O) groups is 2. The predicted molar refractivity (Wildman–Crippen MR) is 68.8 cm³/mol. The summed E-state index contributed by atoms with van der Waals surface area (Å²) in [5.74, 6) is -0.0856. The molecule has 0 bridgehead atoms. The molecule has 96 valence electrons. The Kier molecular flexibility index (Phi) is 3.36. The molecule has 1 saturated heterocycles. The number of imide groups is 1. The van der Waals surface area contributed by atoms with Crippen LogP contribution < -0.4 is 5.32 Å². The van der Waals surface area contributed by atoms with Crippen molar-refractivity contribution >= 4 is 11.9 Å². The third kappa shape index (κ3) is 2.23. The molecule has 1 unspecified atom stereocenters. The first kappa shape index (κ1) is 12.6. The van der Waals surface area contributed by atoms with Gasteiger partial charge in [-0.1, -0.05) is 37.3 Å². The minimum atomic E-state index is -0.483. The molecule has 1 heterocycles. The monoisotopic (exact) mass is 246 g/mol. The van der Waals surface area contributed by atoms with Crippen LogP contribution in [0.4, 0.5) is 4.79 Å². The highest BCUT2D eigenvalue weighted by atomic mass is 16.2. The van der Waals surface area contributed by atoms with E-state index in [1.807, 2.05) is 44.2 Å². The molecule has 1 aliphatic heterocycles. The van der Waals surface area contributed by atoms with Gasteiger partial charge in [-0.25, -0.2) is 4.79 Å². The van der Waals surface area contributed by atoms with Gasteiger partial charge in [0.1, 0.15) is 0 Å². The fourth-order valence-electron chi connectivity index (χ4n) is 2.05. The van der Waals surface area contributed by atoms with Crippen LogP contribution in [-0.2, 0) is 11.3 Å². The molecule has 1 aromatic rings. The maximum atomic E-state index is 12.4. The summed E-state index contributed by atoms with van der Waals surface area (Å²) in [6.07, 6.45) is 0.720. The Morgan fingerprint density at radius 3 is 2.56 bits per heavy atom. The first-order valence-corrected chi connectivity index (χ1v) is 6.20. The number of nitrogens with one attached hydrogen (secondary N) is 1. The fourth-order valence-corrected chi connectivity index (χ4v) is 2.05. The SMILES string of the molecule is CCC1(C)CNC(=O)N(Cc2ccccc2)C1=O. The molecule has 1 aliphatic rings. The Hall–Kier alpha value is -1.84. The van der Waals surface area contributed by atoms with Crippen LogP contribution in [0.1, 0.15) is 25.8 Å². The summed E-state index contributed by atoms with van der Waals surface area (Å²) in [7, 11) is 0. The van der Waals surface area contributed by atoms with Crippen LogP contribution in [0.15, 0.2) is 30.3 Å². The summed E-state index contributed by atoms with van der Waals surface area (Å²) in [6.45, 7) is 4.62. The van der Waals surface area contributed by atoms with E-state index in [0.717, 1.165) is 12.0 Å². The van der Waals surface area contributed by atoms with Crippen LogP contribution in [0.2, 0.25) is 0 Å². The highest BCUT2D eigenvalue weighted by Crippen LogP contribution is 2.27. The molecule has 0 radical (unpaired) electrons. The van der Waals surface area contributed by atoms with Crippen molar-refractivity contribution in [1.82, 2.24) is 10.2 Å². The average Bonchev–Trinajstić information content (AvgIpc) is 2.41. The normalized spacial score (nSPS) is 24.0. The minimum absolute atomic E-state index is 0.0856. The van der Waals surface area contributed by atoms with Crippen LogP contribution in [0.5, 0.6) is 0 Å². The zero-order valence-corrected chi connectivity index (χ0v) is 10.8. The van der Waals surface area contributed by atoms with Gasteiger partial charge >= 0.3 is 6.03 Å². The van der Waals surface area contributed by atoms with Gasteiger partial charge in [0.2, 0.25) is 5.91 Å². The lowest BCUT2D eigenvalue weighted by Gasteiger charge is -2.38. The highest BCUT2D eigenvalue weighted by Gasteiger charge is 2.42. The van der Waals surface area contributed by atoms with Crippen molar-refractivity contribution in [2.45, 2.75) is 26.8 Å². The molecule has 1 fully saturated rings. The number of hydrogen-bond donors (Lipinski definition) is 1. The Morgan fingerprint density at radius 2 is 1.94 bits per heavy atom. The summed E-state index contributed by atoms with van der Waals surface area (Å²) in [6, 6.07) is 9.26. The van der Waals surface area contributed by atoms with Gasteiger partial charge in [0, 0.05) is 6.54 Å². The zero-order valence-electron chi connectivity index (χ0n) is 10.8. The molecule has 0 saturated carbocycles. The van der Waals surface area contributed by atoms with Crippen molar-refractivity contribution in [2.24, 2.45) is 5.41 Å². The third-order valence-corrected chi connectivity index (χ3v) is 3.60. The molecular weight excluding hydrogens is 228 g/mol. The van der Waals surface area contributed by atoms with E-state index in [0.29, 0.717) is 13.1 Å². The number of carbonyl (C=O) groups excluding carboxylic acids is 2. The Morgan fingerprint density at radius 1 is 1.28 bits per heavy atom. The van der Waals surface area contributed by atoms with Gasteiger partial charge in [-0.3, -0.25) is 9.69 Å². The van der Waals surface area contributed by atoms with E-state index in [4.69, 9.17) is 0 Å². The molecule has 1 N–H and O–H groups in total. The van der Waals surface area contributed by atoms with Crippen molar-refractivity contribution in [2.75, 3.05) is 6.54 Å². The van der Waals surface area contributed by atoms with Gasteiger partial charge in [0.05, 0.1) is 12.0 Å². The van der Waals surface area contributed by atoms with Crippen LogP contribution in [-0.4, -0.2) is 23.4 Å². The van der Waals surface area contributed by atoms with Gasteiger partial charge in [0.15, 0.2) is 0 Å². The van der Waals surface area contributed by atoms with Gasteiger partial charge in [-0.05, 0) is 18.9 Å². The lowest BCUT2D eigenvalue weighted by Crippen LogP contribution is -2.59. The highest BCUT2D eigenvalue weighted by molar-refractivity contribution is 5.99. The van der Waals surface area contributed by atoms with E-state index in [-0.39, 0.29) is 11.9 Å². The van der Waals surface area contributed by atoms with Crippen LogP contribution in [0, 0.1) is 5.41 Å².